The molecule has 0 radical (unpaired) electrons. The Morgan fingerprint density at radius 3 is 2.80 bits per heavy atom. The molecule has 0 unspecified atom stereocenters. The van der Waals surface area contributed by atoms with Crippen LogP contribution in [0, 0.1) is 6.92 Å². The third kappa shape index (κ3) is 1.12. The van der Waals surface area contributed by atoms with E-state index in [1.165, 1.54) is 0 Å². The summed E-state index contributed by atoms with van der Waals surface area (Å²) in [5, 5.41) is 4.10. The average molecular weight is 139 g/mol. The first-order chi connectivity index (χ1) is 4.75. The van der Waals surface area contributed by atoms with Gasteiger partial charge >= 0.3 is 0 Å². The van der Waals surface area contributed by atoms with Crippen LogP contribution in [0.2, 0.25) is 0 Å². The lowest BCUT2D eigenvalue weighted by Crippen LogP contribution is -2.01. The van der Waals surface area contributed by atoms with Crippen LogP contribution in [0.5, 0.6) is 0 Å². The van der Waals surface area contributed by atoms with Gasteiger partial charge < -0.3 is 5.73 Å². The number of aryl methyl sites for hydroxylation is 1. The van der Waals surface area contributed by atoms with Crippen molar-refractivity contribution >= 4 is 5.69 Å². The molecule has 1 heterocycles. The van der Waals surface area contributed by atoms with Crippen LogP contribution in [0.3, 0.4) is 0 Å². The van der Waals surface area contributed by atoms with E-state index in [9.17, 15) is 0 Å². The van der Waals surface area contributed by atoms with Crippen molar-refractivity contribution in [1.29, 1.82) is 0 Å². The molecule has 2 N–H and O–H groups in total. The highest BCUT2D eigenvalue weighted by atomic mass is 15.3. The normalized spacial score (nSPS) is 10.2. The molecule has 1 rings (SSSR count). The van der Waals surface area contributed by atoms with Crippen LogP contribution in [-0.4, -0.2) is 9.78 Å². The number of hydrogen-bond donors (Lipinski definition) is 1. The number of nitrogen functional groups attached to an aromatic ring is 1. The van der Waals surface area contributed by atoms with Crippen LogP contribution in [-0.2, 0) is 6.54 Å². The van der Waals surface area contributed by atoms with Gasteiger partial charge in [-0.3, -0.25) is 4.68 Å². The molecule has 0 aliphatic rings. The zero-order chi connectivity index (χ0) is 7.56. The van der Waals surface area contributed by atoms with Gasteiger partial charge in [0.25, 0.3) is 0 Å². The Balaban J connectivity index is 2.83. The van der Waals surface area contributed by atoms with Gasteiger partial charge in [0, 0.05) is 6.54 Å². The van der Waals surface area contributed by atoms with Gasteiger partial charge in [-0.1, -0.05) is 6.92 Å². The second-order valence-corrected chi connectivity index (χ2v) is 2.41. The van der Waals surface area contributed by atoms with E-state index >= 15 is 0 Å². The van der Waals surface area contributed by atoms with Gasteiger partial charge in [0.05, 0.1) is 17.6 Å². The minimum absolute atomic E-state index is 0.786. The van der Waals surface area contributed by atoms with Gasteiger partial charge in [0.1, 0.15) is 0 Å². The molecule has 0 atom stereocenters. The molecule has 0 aromatic carbocycles. The van der Waals surface area contributed by atoms with Crippen molar-refractivity contribution in [1.82, 2.24) is 9.78 Å². The summed E-state index contributed by atoms with van der Waals surface area (Å²) in [5.41, 5.74) is 7.44. The largest absolute Gasteiger partial charge is 0.396 e. The third-order valence-electron chi connectivity index (χ3n) is 1.58. The Kier molecular flexibility index (Phi) is 1.94. The molecule has 0 fully saturated rings. The molecule has 3 heteroatoms. The fourth-order valence-electron chi connectivity index (χ4n) is 0.898. The first-order valence-electron chi connectivity index (χ1n) is 3.53. The van der Waals surface area contributed by atoms with E-state index in [2.05, 4.69) is 12.0 Å². The van der Waals surface area contributed by atoms with Gasteiger partial charge in [-0.15, -0.1) is 0 Å². The lowest BCUT2D eigenvalue weighted by atomic mass is 10.4. The summed E-state index contributed by atoms with van der Waals surface area (Å²) in [4.78, 5) is 0. The molecule has 3 nitrogen and oxygen atoms in total. The van der Waals surface area contributed by atoms with Crippen LogP contribution >= 0.6 is 0 Å². The number of anilines is 1. The molecule has 1 aromatic heterocycles. The molecular formula is C7H13N3. The second-order valence-electron chi connectivity index (χ2n) is 2.41. The SMILES string of the molecule is CCCn1ncc(N)c1C. The summed E-state index contributed by atoms with van der Waals surface area (Å²) in [7, 11) is 0. The summed E-state index contributed by atoms with van der Waals surface area (Å²) in [6, 6.07) is 0. The highest BCUT2D eigenvalue weighted by molar-refractivity contribution is 5.39. The topological polar surface area (TPSA) is 43.8 Å². The summed E-state index contributed by atoms with van der Waals surface area (Å²) in [6.07, 6.45) is 2.80. The van der Waals surface area contributed by atoms with Crippen molar-refractivity contribution in [2.45, 2.75) is 26.8 Å². The maximum atomic E-state index is 5.59. The molecule has 56 valence electrons. The molecule has 0 amide bonds. The Morgan fingerprint density at radius 1 is 1.70 bits per heavy atom. The van der Waals surface area contributed by atoms with Crippen molar-refractivity contribution < 1.29 is 0 Å². The minimum atomic E-state index is 0.786. The summed E-state index contributed by atoms with van der Waals surface area (Å²) >= 11 is 0. The molecule has 0 saturated carbocycles. The van der Waals surface area contributed by atoms with Crippen molar-refractivity contribution in [3.63, 3.8) is 0 Å². The average Bonchev–Trinajstić information content (AvgIpc) is 2.20. The Labute approximate surface area is 60.8 Å². The standard InChI is InChI=1S/C7H13N3/c1-3-4-10-6(2)7(8)5-9-10/h5H,3-4,8H2,1-2H3. The van der Waals surface area contributed by atoms with E-state index in [1.807, 2.05) is 11.6 Å². The first-order valence-corrected chi connectivity index (χ1v) is 3.53. The molecule has 10 heavy (non-hydrogen) atoms. The number of nitrogens with two attached hydrogens (primary N) is 1. The predicted octanol–water partition coefficient (Wildman–Crippen LogP) is 1.18. The fourth-order valence-corrected chi connectivity index (χ4v) is 0.898. The van der Waals surface area contributed by atoms with Gasteiger partial charge in [-0.05, 0) is 13.3 Å². The van der Waals surface area contributed by atoms with Crippen molar-refractivity contribution in [3.8, 4) is 0 Å². The van der Waals surface area contributed by atoms with E-state index in [0.29, 0.717) is 0 Å². The molecule has 1 aromatic rings. The number of rotatable bonds is 2. The van der Waals surface area contributed by atoms with Crippen LogP contribution in [0.25, 0.3) is 0 Å². The van der Waals surface area contributed by atoms with Crippen molar-refractivity contribution in [2.75, 3.05) is 5.73 Å². The zero-order valence-electron chi connectivity index (χ0n) is 6.46. The molecule has 0 aliphatic carbocycles. The molecule has 0 spiro atoms. The highest BCUT2D eigenvalue weighted by Crippen LogP contribution is 2.07. The van der Waals surface area contributed by atoms with E-state index in [-0.39, 0.29) is 0 Å². The summed E-state index contributed by atoms with van der Waals surface area (Å²) in [5.74, 6) is 0. The molecule has 0 saturated heterocycles. The van der Waals surface area contributed by atoms with Crippen LogP contribution < -0.4 is 5.73 Å². The molecule has 0 bridgehead atoms. The lowest BCUT2D eigenvalue weighted by molar-refractivity contribution is 0.587. The number of hydrogen-bond acceptors (Lipinski definition) is 2. The zero-order valence-corrected chi connectivity index (χ0v) is 6.46. The Morgan fingerprint density at radius 2 is 2.40 bits per heavy atom. The summed E-state index contributed by atoms with van der Waals surface area (Å²) in [6.45, 7) is 5.07. The Bertz CT molecular complexity index is 215. The third-order valence-corrected chi connectivity index (χ3v) is 1.58. The summed E-state index contributed by atoms with van der Waals surface area (Å²) < 4.78 is 1.93. The Hall–Kier alpha value is -0.990. The highest BCUT2D eigenvalue weighted by Gasteiger charge is 1.99. The van der Waals surface area contributed by atoms with E-state index in [0.717, 1.165) is 24.3 Å². The maximum absolute atomic E-state index is 5.59. The van der Waals surface area contributed by atoms with Gasteiger partial charge in [-0.2, -0.15) is 5.10 Å². The second kappa shape index (κ2) is 2.73. The van der Waals surface area contributed by atoms with E-state index in [1.54, 1.807) is 6.20 Å². The van der Waals surface area contributed by atoms with Crippen LogP contribution in [0.15, 0.2) is 6.20 Å². The first kappa shape index (κ1) is 7.12. The monoisotopic (exact) mass is 139 g/mol. The van der Waals surface area contributed by atoms with Gasteiger partial charge in [0.15, 0.2) is 0 Å². The van der Waals surface area contributed by atoms with Crippen LogP contribution in [0.4, 0.5) is 5.69 Å². The maximum Gasteiger partial charge on any atom is 0.0730 e. The van der Waals surface area contributed by atoms with E-state index < -0.39 is 0 Å². The number of nitrogens with zero attached hydrogens (tertiary/aromatic N) is 2. The number of aromatic nitrogens is 2. The molecular weight excluding hydrogens is 126 g/mol. The fraction of sp³-hybridized carbons (Fsp3) is 0.571. The van der Waals surface area contributed by atoms with Gasteiger partial charge in [0.2, 0.25) is 0 Å². The predicted molar refractivity (Wildman–Crippen MR) is 41.7 cm³/mol. The molecule has 0 aliphatic heterocycles. The smallest absolute Gasteiger partial charge is 0.0730 e. The lowest BCUT2D eigenvalue weighted by Gasteiger charge is -1.99. The van der Waals surface area contributed by atoms with Crippen molar-refractivity contribution in [2.24, 2.45) is 0 Å². The van der Waals surface area contributed by atoms with Crippen molar-refractivity contribution in [3.05, 3.63) is 11.9 Å². The minimum Gasteiger partial charge on any atom is -0.396 e. The van der Waals surface area contributed by atoms with Gasteiger partial charge in [-0.25, -0.2) is 0 Å². The quantitative estimate of drug-likeness (QED) is 0.668. The van der Waals surface area contributed by atoms with E-state index in [4.69, 9.17) is 5.73 Å². The van der Waals surface area contributed by atoms with Crippen LogP contribution in [0.1, 0.15) is 19.0 Å².